The van der Waals surface area contributed by atoms with Crippen LogP contribution in [0.4, 0.5) is 0 Å². The molecule has 0 radical (unpaired) electrons. The van der Waals surface area contributed by atoms with Gasteiger partial charge in [0.25, 0.3) is 5.91 Å². The Kier molecular flexibility index (Phi) is 7.72. The van der Waals surface area contributed by atoms with Gasteiger partial charge < -0.3 is 9.73 Å². The smallest absolute Gasteiger partial charge is 0.329 e. The highest BCUT2D eigenvalue weighted by Crippen LogP contribution is 2.34. The van der Waals surface area contributed by atoms with Crippen molar-refractivity contribution >= 4 is 50.6 Å². The molecule has 1 unspecified atom stereocenters. The van der Waals surface area contributed by atoms with E-state index < -0.39 is 5.92 Å². The zero-order valence-corrected chi connectivity index (χ0v) is 27.6. The molecule has 1 aliphatic heterocycles. The number of hydrogen-bond acceptors (Lipinski definition) is 8. The number of amides is 3. The lowest BCUT2D eigenvalue weighted by Gasteiger charge is -2.19. The Balaban J connectivity index is 0.946. The largest absolute Gasteiger partial charge is 0.464 e. The SMILES string of the molecule is Cn1c(=O)n(C)c2ncc(-c3cccc4cc(-c5ccc(C(=O)NCC#Cc6ccc7occ(C8CCC(=O)NC8=O)c7c6)nc5)ncc34)cc21. The third-order valence-corrected chi connectivity index (χ3v) is 9.26. The van der Waals surface area contributed by atoms with Crippen molar-refractivity contribution in [3.63, 3.8) is 0 Å². The number of furan rings is 1. The monoisotopic (exact) mass is 675 g/mol. The van der Waals surface area contributed by atoms with Crippen molar-refractivity contribution < 1.29 is 18.8 Å². The van der Waals surface area contributed by atoms with Crippen molar-refractivity contribution in [1.29, 1.82) is 0 Å². The number of fused-ring (bicyclic) bond motifs is 3. The molecule has 51 heavy (non-hydrogen) atoms. The van der Waals surface area contributed by atoms with Crippen LogP contribution in [-0.4, -0.2) is 48.4 Å². The van der Waals surface area contributed by atoms with Crippen LogP contribution >= 0.6 is 0 Å². The Labute approximate surface area is 290 Å². The molecule has 250 valence electrons. The van der Waals surface area contributed by atoms with Crippen LogP contribution in [0.3, 0.4) is 0 Å². The molecule has 2 aromatic carbocycles. The van der Waals surface area contributed by atoms with E-state index in [9.17, 15) is 19.2 Å². The molecule has 0 aliphatic carbocycles. The molecule has 8 rings (SSSR count). The molecule has 12 nitrogen and oxygen atoms in total. The van der Waals surface area contributed by atoms with Crippen LogP contribution in [0.2, 0.25) is 0 Å². The first kappa shape index (κ1) is 31.4. The van der Waals surface area contributed by atoms with Gasteiger partial charge >= 0.3 is 5.69 Å². The Morgan fingerprint density at radius 1 is 0.941 bits per heavy atom. The van der Waals surface area contributed by atoms with Crippen molar-refractivity contribution in [2.75, 3.05) is 6.54 Å². The van der Waals surface area contributed by atoms with Gasteiger partial charge in [-0.15, -0.1) is 0 Å². The average molecular weight is 676 g/mol. The summed E-state index contributed by atoms with van der Waals surface area (Å²) in [5, 5.41) is 7.84. The number of nitrogens with zero attached hydrogens (tertiary/aromatic N) is 5. The molecule has 12 heteroatoms. The van der Waals surface area contributed by atoms with Gasteiger partial charge in [0.1, 0.15) is 11.3 Å². The minimum Gasteiger partial charge on any atom is -0.464 e. The van der Waals surface area contributed by atoms with Crippen LogP contribution < -0.4 is 16.3 Å². The first-order valence-corrected chi connectivity index (χ1v) is 16.2. The number of aryl methyl sites for hydroxylation is 2. The van der Waals surface area contributed by atoms with E-state index in [-0.39, 0.29) is 42.1 Å². The fourth-order valence-corrected chi connectivity index (χ4v) is 6.53. The van der Waals surface area contributed by atoms with Crippen molar-refractivity contribution in [2.24, 2.45) is 14.1 Å². The summed E-state index contributed by atoms with van der Waals surface area (Å²) < 4.78 is 8.76. The zero-order chi connectivity index (χ0) is 35.2. The molecule has 1 aliphatic rings. The van der Waals surface area contributed by atoms with E-state index in [1.807, 2.05) is 48.7 Å². The lowest BCUT2D eigenvalue weighted by atomic mass is 9.90. The van der Waals surface area contributed by atoms with Crippen molar-refractivity contribution in [1.82, 2.24) is 34.7 Å². The van der Waals surface area contributed by atoms with E-state index in [2.05, 4.69) is 32.4 Å². The molecule has 1 atom stereocenters. The van der Waals surface area contributed by atoms with Crippen LogP contribution in [0.15, 0.2) is 94.7 Å². The van der Waals surface area contributed by atoms with E-state index in [0.29, 0.717) is 28.9 Å². The second kappa shape index (κ2) is 12.5. The van der Waals surface area contributed by atoms with Crippen LogP contribution in [0, 0.1) is 11.8 Å². The molecule has 1 fully saturated rings. The predicted molar refractivity (Wildman–Crippen MR) is 190 cm³/mol. The summed E-state index contributed by atoms with van der Waals surface area (Å²) in [4.78, 5) is 62.8. The van der Waals surface area contributed by atoms with Crippen LogP contribution in [0.25, 0.3) is 55.3 Å². The number of rotatable bonds is 5. The number of imidazole rings is 1. The molecule has 3 amide bonds. The second-order valence-electron chi connectivity index (χ2n) is 12.4. The van der Waals surface area contributed by atoms with E-state index in [1.165, 1.54) is 4.57 Å². The molecule has 0 spiro atoms. The lowest BCUT2D eigenvalue weighted by molar-refractivity contribution is -0.134. The summed E-state index contributed by atoms with van der Waals surface area (Å²) in [6.45, 7) is 0.100. The van der Waals surface area contributed by atoms with Crippen molar-refractivity contribution in [2.45, 2.75) is 18.8 Å². The minimum atomic E-state index is -0.464. The third-order valence-electron chi connectivity index (χ3n) is 9.26. The van der Waals surface area contributed by atoms with Crippen LogP contribution in [0.5, 0.6) is 0 Å². The number of hydrogen-bond donors (Lipinski definition) is 2. The molecular formula is C39H29N7O5. The fourth-order valence-electron chi connectivity index (χ4n) is 6.53. The summed E-state index contributed by atoms with van der Waals surface area (Å²) >= 11 is 0. The van der Waals surface area contributed by atoms with E-state index >= 15 is 0 Å². The standard InChI is InChI=1S/C39H29N7O5/c1-45-33-17-25(19-43-36(33)46(2)39(45)50)26-7-3-6-23-16-32(42-20-29(23)26)24-9-11-31(41-18-24)38(49)40-14-4-5-22-8-12-34-28(15-22)30(21-51-34)27-10-13-35(47)44-37(27)48/h3,6-9,11-12,15-21,27H,10,13-14H2,1-2H3,(H,40,49)(H,44,47,48). The molecular weight excluding hydrogens is 646 g/mol. The molecule has 6 heterocycles. The summed E-state index contributed by atoms with van der Waals surface area (Å²) in [6, 6.07) is 18.8. The molecule has 5 aromatic heterocycles. The summed E-state index contributed by atoms with van der Waals surface area (Å²) in [7, 11) is 3.44. The Morgan fingerprint density at radius 2 is 1.80 bits per heavy atom. The van der Waals surface area contributed by atoms with Gasteiger partial charge in [0, 0.05) is 72.1 Å². The van der Waals surface area contributed by atoms with Gasteiger partial charge in [-0.25, -0.2) is 9.78 Å². The maximum atomic E-state index is 12.8. The average Bonchev–Trinajstić information content (AvgIpc) is 3.66. The number of nitrogens with one attached hydrogen (secondary N) is 2. The molecule has 0 saturated carbocycles. The number of imide groups is 1. The summed E-state index contributed by atoms with van der Waals surface area (Å²) in [5.41, 5.74) is 6.82. The highest BCUT2D eigenvalue weighted by atomic mass is 16.3. The van der Waals surface area contributed by atoms with Gasteiger partial charge in [0.15, 0.2) is 5.65 Å². The molecule has 7 aromatic rings. The third kappa shape index (κ3) is 5.70. The number of piperidine rings is 1. The Morgan fingerprint density at radius 3 is 2.63 bits per heavy atom. The number of benzene rings is 2. The first-order valence-electron chi connectivity index (χ1n) is 16.2. The second-order valence-corrected chi connectivity index (χ2v) is 12.4. The van der Waals surface area contributed by atoms with E-state index in [4.69, 9.17) is 9.40 Å². The zero-order valence-electron chi connectivity index (χ0n) is 27.6. The Hall–Kier alpha value is -6.87. The van der Waals surface area contributed by atoms with E-state index in [1.54, 1.807) is 55.5 Å². The van der Waals surface area contributed by atoms with Gasteiger partial charge in [-0.1, -0.05) is 30.0 Å². The fraction of sp³-hybridized carbons (Fsp3) is 0.154. The number of aromatic nitrogens is 5. The van der Waals surface area contributed by atoms with Gasteiger partial charge in [-0.2, -0.15) is 0 Å². The lowest BCUT2D eigenvalue weighted by Crippen LogP contribution is -2.39. The molecule has 1 saturated heterocycles. The van der Waals surface area contributed by atoms with E-state index in [0.717, 1.165) is 43.9 Å². The van der Waals surface area contributed by atoms with Gasteiger partial charge in [0.05, 0.1) is 29.9 Å². The van der Waals surface area contributed by atoms with Gasteiger partial charge in [0.2, 0.25) is 11.8 Å². The van der Waals surface area contributed by atoms with Crippen LogP contribution in [-0.2, 0) is 23.7 Å². The maximum absolute atomic E-state index is 12.8. The van der Waals surface area contributed by atoms with Crippen molar-refractivity contribution in [3.05, 3.63) is 113 Å². The van der Waals surface area contributed by atoms with Gasteiger partial charge in [-0.05, 0) is 59.8 Å². The predicted octanol–water partition coefficient (Wildman–Crippen LogP) is 4.60. The molecule has 2 N–H and O–H groups in total. The van der Waals surface area contributed by atoms with Gasteiger partial charge in [-0.3, -0.25) is 38.8 Å². The Bertz CT molecular complexity index is 2690. The van der Waals surface area contributed by atoms with Crippen molar-refractivity contribution in [3.8, 4) is 34.2 Å². The number of pyridine rings is 3. The molecule has 0 bridgehead atoms. The normalized spacial score (nSPS) is 14.4. The number of carbonyl (C=O) groups excluding carboxylic acids is 3. The quantitative estimate of drug-likeness (QED) is 0.198. The summed E-state index contributed by atoms with van der Waals surface area (Å²) in [5.74, 6) is 4.59. The first-order chi connectivity index (χ1) is 24.7. The highest BCUT2D eigenvalue weighted by Gasteiger charge is 2.30. The highest BCUT2D eigenvalue weighted by molar-refractivity contribution is 6.03. The maximum Gasteiger partial charge on any atom is 0.329 e. The van der Waals surface area contributed by atoms with Crippen LogP contribution in [0.1, 0.15) is 40.4 Å². The topological polar surface area (TPSA) is 154 Å². The summed E-state index contributed by atoms with van der Waals surface area (Å²) in [6.07, 6.45) is 7.46. The minimum absolute atomic E-state index is 0.100. The number of carbonyl (C=O) groups is 3.